The maximum Gasteiger partial charge on any atom is 0.248 e. The summed E-state index contributed by atoms with van der Waals surface area (Å²) in [7, 11) is 0. The Morgan fingerprint density at radius 2 is 1.74 bits per heavy atom. The van der Waals surface area contributed by atoms with E-state index in [2.05, 4.69) is 30.6 Å². The summed E-state index contributed by atoms with van der Waals surface area (Å²) in [5, 5.41) is 16.4. The Labute approximate surface area is 199 Å². The molecule has 0 saturated heterocycles. The minimum absolute atomic E-state index is 0.130. The fourth-order valence-electron chi connectivity index (χ4n) is 3.34. The lowest BCUT2D eigenvalue weighted by molar-refractivity contribution is -0.113. The zero-order chi connectivity index (χ0) is 23.2. The topological polar surface area (TPSA) is 103 Å². The number of pyridine rings is 1. The van der Waals surface area contributed by atoms with Gasteiger partial charge in [0.2, 0.25) is 11.9 Å². The molecule has 1 amide bonds. The van der Waals surface area contributed by atoms with Crippen LogP contribution in [0.2, 0.25) is 0 Å². The van der Waals surface area contributed by atoms with Gasteiger partial charge < -0.3 is 0 Å². The zero-order valence-corrected chi connectivity index (χ0v) is 18.8. The molecule has 3 aromatic heterocycles. The summed E-state index contributed by atoms with van der Waals surface area (Å²) in [6.45, 7) is 0.579. The molecule has 2 aromatic carbocycles. The van der Waals surface area contributed by atoms with Gasteiger partial charge in [-0.15, -0.1) is 15.3 Å². The van der Waals surface area contributed by atoms with Gasteiger partial charge in [0.15, 0.2) is 11.0 Å². The molecule has 168 valence electrons. The van der Waals surface area contributed by atoms with E-state index in [1.807, 2.05) is 77.4 Å². The zero-order valence-electron chi connectivity index (χ0n) is 18.0. The first-order chi connectivity index (χ1) is 16.8. The maximum absolute atomic E-state index is 12.6. The first kappa shape index (κ1) is 21.5. The van der Waals surface area contributed by atoms with Crippen LogP contribution in [0.1, 0.15) is 5.56 Å². The van der Waals surface area contributed by atoms with E-state index in [9.17, 15) is 4.79 Å². The fourth-order valence-corrected chi connectivity index (χ4v) is 4.10. The number of para-hydroxylation sites is 1. The molecule has 9 nitrogen and oxygen atoms in total. The number of hydrogen-bond acceptors (Lipinski definition) is 7. The van der Waals surface area contributed by atoms with E-state index in [-0.39, 0.29) is 17.6 Å². The Morgan fingerprint density at radius 1 is 0.941 bits per heavy atom. The van der Waals surface area contributed by atoms with E-state index < -0.39 is 0 Å². The van der Waals surface area contributed by atoms with Gasteiger partial charge in [0, 0.05) is 23.6 Å². The minimum atomic E-state index is -0.229. The lowest BCUT2D eigenvalue weighted by atomic mass is 10.2. The number of nitrogens with one attached hydrogen (secondary N) is 1. The monoisotopic (exact) mass is 468 g/mol. The van der Waals surface area contributed by atoms with Crippen molar-refractivity contribution in [1.29, 1.82) is 0 Å². The second kappa shape index (κ2) is 10.1. The number of thioether (sulfide) groups is 1. The first-order valence-corrected chi connectivity index (χ1v) is 11.5. The van der Waals surface area contributed by atoms with Gasteiger partial charge in [0.25, 0.3) is 0 Å². The second-order valence-corrected chi connectivity index (χ2v) is 8.25. The van der Waals surface area contributed by atoms with Crippen molar-refractivity contribution in [3.63, 3.8) is 0 Å². The lowest BCUT2D eigenvalue weighted by Gasteiger charge is -2.10. The maximum atomic E-state index is 12.6. The highest BCUT2D eigenvalue weighted by Gasteiger charge is 2.18. The van der Waals surface area contributed by atoms with Crippen molar-refractivity contribution in [3.8, 4) is 17.1 Å². The Hall–Kier alpha value is -4.31. The molecule has 0 aliphatic rings. The van der Waals surface area contributed by atoms with E-state index in [1.54, 1.807) is 23.4 Å². The van der Waals surface area contributed by atoms with Gasteiger partial charge >= 0.3 is 0 Å². The van der Waals surface area contributed by atoms with Gasteiger partial charge in [-0.2, -0.15) is 0 Å². The summed E-state index contributed by atoms with van der Waals surface area (Å²) in [6.07, 6.45) is 5.05. The van der Waals surface area contributed by atoms with E-state index in [0.29, 0.717) is 17.5 Å². The van der Waals surface area contributed by atoms with Crippen LogP contribution in [0.25, 0.3) is 17.1 Å². The molecule has 0 saturated carbocycles. The number of rotatable bonds is 8. The quantitative estimate of drug-likeness (QED) is 0.346. The first-order valence-electron chi connectivity index (χ1n) is 10.5. The van der Waals surface area contributed by atoms with Crippen LogP contribution < -0.4 is 5.32 Å². The number of anilines is 1. The van der Waals surface area contributed by atoms with Gasteiger partial charge in [-0.1, -0.05) is 60.3 Å². The molecular weight excluding hydrogens is 448 g/mol. The third-order valence-electron chi connectivity index (χ3n) is 4.87. The molecule has 0 bridgehead atoms. The lowest BCUT2D eigenvalue weighted by Crippen LogP contribution is -2.16. The third-order valence-corrected chi connectivity index (χ3v) is 5.80. The normalized spacial score (nSPS) is 10.8. The minimum Gasteiger partial charge on any atom is -0.292 e. The number of carbonyl (C=O) groups is 1. The average Bonchev–Trinajstić information content (AvgIpc) is 3.51. The standard InChI is InChI=1S/C24H20N8OS/c33-21(27-23-26-17-31(30-23)15-18-8-3-1-4-9-18)16-34-24-29-28-22(19-10-7-13-25-14-19)32(24)20-11-5-2-6-12-20/h1-14,17H,15-16H2,(H,27,30,33). The Kier molecular flexibility index (Phi) is 6.39. The van der Waals surface area contributed by atoms with Crippen LogP contribution in [0.15, 0.2) is 96.7 Å². The SMILES string of the molecule is O=C(CSc1nnc(-c2cccnc2)n1-c1ccccc1)Nc1ncn(Cc2ccccc2)n1. The Bertz CT molecular complexity index is 1370. The summed E-state index contributed by atoms with van der Waals surface area (Å²) in [5.74, 6) is 0.823. The number of hydrogen-bond donors (Lipinski definition) is 1. The van der Waals surface area contributed by atoms with Crippen LogP contribution in [0.3, 0.4) is 0 Å². The van der Waals surface area contributed by atoms with Crippen LogP contribution >= 0.6 is 11.8 Å². The predicted octanol–water partition coefficient (Wildman–Crippen LogP) is 3.70. The van der Waals surface area contributed by atoms with Crippen molar-refractivity contribution in [1.82, 2.24) is 34.5 Å². The molecule has 0 unspecified atom stereocenters. The number of carbonyl (C=O) groups excluding carboxylic acids is 1. The van der Waals surface area contributed by atoms with E-state index in [4.69, 9.17) is 0 Å². The number of benzene rings is 2. The number of nitrogens with zero attached hydrogens (tertiary/aromatic N) is 7. The molecule has 0 fully saturated rings. The van der Waals surface area contributed by atoms with Crippen molar-refractivity contribution >= 4 is 23.6 Å². The van der Waals surface area contributed by atoms with Crippen molar-refractivity contribution in [2.24, 2.45) is 0 Å². The molecule has 1 N–H and O–H groups in total. The van der Waals surface area contributed by atoms with Gasteiger partial charge in [-0.05, 0) is 29.8 Å². The van der Waals surface area contributed by atoms with E-state index >= 15 is 0 Å². The van der Waals surface area contributed by atoms with Crippen LogP contribution in [-0.2, 0) is 11.3 Å². The summed E-state index contributed by atoms with van der Waals surface area (Å²) in [6, 6.07) is 23.5. The number of aromatic nitrogens is 7. The molecule has 0 radical (unpaired) electrons. The van der Waals surface area contributed by atoms with Gasteiger partial charge in [0.05, 0.1) is 12.3 Å². The molecule has 34 heavy (non-hydrogen) atoms. The Balaban J connectivity index is 1.28. The van der Waals surface area contributed by atoms with Crippen molar-refractivity contribution in [2.45, 2.75) is 11.7 Å². The molecule has 0 aliphatic heterocycles. The molecular formula is C24H20N8OS. The predicted molar refractivity (Wildman–Crippen MR) is 130 cm³/mol. The van der Waals surface area contributed by atoms with Crippen molar-refractivity contribution in [2.75, 3.05) is 11.1 Å². The smallest absolute Gasteiger partial charge is 0.248 e. The van der Waals surface area contributed by atoms with Crippen LogP contribution in [0.4, 0.5) is 5.95 Å². The summed E-state index contributed by atoms with van der Waals surface area (Å²) in [4.78, 5) is 21.0. The highest BCUT2D eigenvalue weighted by molar-refractivity contribution is 7.99. The summed E-state index contributed by atoms with van der Waals surface area (Å²) < 4.78 is 3.60. The second-order valence-electron chi connectivity index (χ2n) is 7.31. The van der Waals surface area contributed by atoms with Crippen LogP contribution in [0, 0.1) is 0 Å². The average molecular weight is 469 g/mol. The molecule has 5 rings (SSSR count). The Morgan fingerprint density at radius 3 is 2.50 bits per heavy atom. The molecule has 3 heterocycles. The molecule has 0 atom stereocenters. The largest absolute Gasteiger partial charge is 0.292 e. The summed E-state index contributed by atoms with van der Waals surface area (Å²) in [5.41, 5.74) is 2.84. The van der Waals surface area contributed by atoms with Crippen molar-refractivity contribution < 1.29 is 4.79 Å². The number of amides is 1. The van der Waals surface area contributed by atoms with Crippen LogP contribution in [0.5, 0.6) is 0 Å². The van der Waals surface area contributed by atoms with Gasteiger partial charge in [0.1, 0.15) is 6.33 Å². The molecule has 5 aromatic rings. The van der Waals surface area contributed by atoms with Crippen molar-refractivity contribution in [3.05, 3.63) is 97.1 Å². The van der Waals surface area contributed by atoms with Gasteiger partial charge in [-0.3, -0.25) is 19.7 Å². The summed E-state index contributed by atoms with van der Waals surface area (Å²) >= 11 is 1.29. The van der Waals surface area contributed by atoms with Crippen LogP contribution in [-0.4, -0.2) is 46.2 Å². The third kappa shape index (κ3) is 5.02. The highest BCUT2D eigenvalue weighted by Crippen LogP contribution is 2.27. The van der Waals surface area contributed by atoms with E-state index in [1.165, 1.54) is 11.8 Å². The van der Waals surface area contributed by atoms with E-state index in [0.717, 1.165) is 16.8 Å². The molecule has 0 spiro atoms. The highest BCUT2D eigenvalue weighted by atomic mass is 32.2. The molecule has 10 heteroatoms. The molecule has 0 aliphatic carbocycles. The fraction of sp³-hybridized carbons (Fsp3) is 0.0833. The van der Waals surface area contributed by atoms with Gasteiger partial charge in [-0.25, -0.2) is 9.67 Å².